The Balaban J connectivity index is 2.47. The summed E-state index contributed by atoms with van der Waals surface area (Å²) < 4.78 is 0. The molecule has 0 fully saturated rings. The van der Waals surface area contributed by atoms with Gasteiger partial charge in [0.2, 0.25) is 0 Å². The highest BCUT2D eigenvalue weighted by Crippen LogP contribution is 2.25. The van der Waals surface area contributed by atoms with Crippen LogP contribution in [0.2, 0.25) is 0 Å². The molecule has 0 atom stereocenters. The van der Waals surface area contributed by atoms with Crippen LogP contribution in [0, 0.1) is 6.92 Å². The number of rotatable bonds is 4. The molecule has 0 aliphatic rings. The number of imidazole rings is 1. The molecule has 0 spiro atoms. The monoisotopic (exact) mass is 243 g/mol. The lowest BCUT2D eigenvalue weighted by Crippen LogP contribution is -2.08. The minimum atomic E-state index is 0.433. The fourth-order valence-electron chi connectivity index (χ4n) is 2.18. The minimum absolute atomic E-state index is 0.433. The van der Waals surface area contributed by atoms with Crippen LogP contribution in [0.4, 0.5) is 0 Å². The van der Waals surface area contributed by atoms with Crippen molar-refractivity contribution in [2.75, 3.05) is 7.05 Å². The van der Waals surface area contributed by atoms with Gasteiger partial charge in [-0.2, -0.15) is 0 Å². The van der Waals surface area contributed by atoms with E-state index in [1.165, 1.54) is 16.8 Å². The molecule has 0 aliphatic carbocycles. The van der Waals surface area contributed by atoms with Gasteiger partial charge < -0.3 is 10.3 Å². The Morgan fingerprint density at radius 3 is 2.61 bits per heavy atom. The van der Waals surface area contributed by atoms with Gasteiger partial charge in [0.15, 0.2) is 0 Å². The summed E-state index contributed by atoms with van der Waals surface area (Å²) in [5.41, 5.74) is 4.77. The van der Waals surface area contributed by atoms with Gasteiger partial charge in [-0.3, -0.25) is 0 Å². The second kappa shape index (κ2) is 5.36. The quantitative estimate of drug-likeness (QED) is 0.865. The topological polar surface area (TPSA) is 40.7 Å². The Morgan fingerprint density at radius 1 is 1.28 bits per heavy atom. The van der Waals surface area contributed by atoms with Crippen LogP contribution in [0.15, 0.2) is 24.3 Å². The highest BCUT2D eigenvalue weighted by molar-refractivity contribution is 5.60. The fraction of sp³-hybridized carbons (Fsp3) is 0.400. The molecule has 0 bridgehead atoms. The van der Waals surface area contributed by atoms with Gasteiger partial charge in [-0.05, 0) is 25.5 Å². The van der Waals surface area contributed by atoms with Crippen molar-refractivity contribution in [3.05, 3.63) is 41.2 Å². The Hall–Kier alpha value is -1.61. The first-order chi connectivity index (χ1) is 8.63. The molecule has 0 unspecified atom stereocenters. The number of nitrogens with one attached hydrogen (secondary N) is 2. The van der Waals surface area contributed by atoms with Crippen LogP contribution in [0.25, 0.3) is 11.4 Å². The minimum Gasteiger partial charge on any atom is -0.341 e. The lowest BCUT2D eigenvalue weighted by atomic mass is 10.1. The largest absolute Gasteiger partial charge is 0.341 e. The van der Waals surface area contributed by atoms with E-state index in [9.17, 15) is 0 Å². The van der Waals surface area contributed by atoms with E-state index in [2.05, 4.69) is 55.3 Å². The molecule has 1 aromatic carbocycles. The highest BCUT2D eigenvalue weighted by atomic mass is 15.0. The van der Waals surface area contributed by atoms with Gasteiger partial charge in [0.05, 0.1) is 11.4 Å². The van der Waals surface area contributed by atoms with Gasteiger partial charge >= 0.3 is 0 Å². The molecule has 0 saturated heterocycles. The first-order valence-corrected chi connectivity index (χ1v) is 6.43. The molecular formula is C15H21N3. The van der Waals surface area contributed by atoms with E-state index in [0.29, 0.717) is 5.92 Å². The summed E-state index contributed by atoms with van der Waals surface area (Å²) in [6.45, 7) is 7.30. The molecule has 3 nitrogen and oxygen atoms in total. The molecular weight excluding hydrogens is 222 g/mol. The summed E-state index contributed by atoms with van der Waals surface area (Å²) in [5, 5.41) is 3.19. The van der Waals surface area contributed by atoms with Crippen molar-refractivity contribution in [1.29, 1.82) is 0 Å². The number of hydrogen-bond acceptors (Lipinski definition) is 2. The normalized spacial score (nSPS) is 11.2. The van der Waals surface area contributed by atoms with Gasteiger partial charge in [0, 0.05) is 12.1 Å². The standard InChI is InChI=1S/C15H21N3/c1-10(2)14-13(9-16-4)17-15(18-14)12-8-6-5-7-11(12)3/h5-8,10,16H,9H2,1-4H3,(H,17,18). The molecule has 1 aromatic heterocycles. The molecule has 3 heteroatoms. The third kappa shape index (κ3) is 2.46. The molecule has 0 amide bonds. The third-order valence-electron chi connectivity index (χ3n) is 3.11. The molecule has 96 valence electrons. The maximum absolute atomic E-state index is 4.76. The summed E-state index contributed by atoms with van der Waals surface area (Å²) in [5.74, 6) is 1.41. The van der Waals surface area contributed by atoms with E-state index in [1.54, 1.807) is 0 Å². The Labute approximate surface area is 109 Å². The van der Waals surface area contributed by atoms with Crippen molar-refractivity contribution in [3.8, 4) is 11.4 Å². The van der Waals surface area contributed by atoms with Crippen molar-refractivity contribution < 1.29 is 0 Å². The number of hydrogen-bond donors (Lipinski definition) is 2. The van der Waals surface area contributed by atoms with Crippen LogP contribution in [0.1, 0.15) is 36.7 Å². The van der Waals surface area contributed by atoms with Crippen LogP contribution in [-0.4, -0.2) is 17.0 Å². The first kappa shape index (κ1) is 12.8. The van der Waals surface area contributed by atoms with Crippen molar-refractivity contribution in [2.45, 2.75) is 33.2 Å². The van der Waals surface area contributed by atoms with Gasteiger partial charge in [0.25, 0.3) is 0 Å². The van der Waals surface area contributed by atoms with Crippen LogP contribution in [-0.2, 0) is 6.54 Å². The average Bonchev–Trinajstić information content (AvgIpc) is 2.74. The van der Waals surface area contributed by atoms with Gasteiger partial charge in [-0.25, -0.2) is 4.98 Å². The van der Waals surface area contributed by atoms with E-state index in [4.69, 9.17) is 4.98 Å². The molecule has 0 radical (unpaired) electrons. The van der Waals surface area contributed by atoms with E-state index in [1.807, 2.05) is 7.05 Å². The number of aromatic nitrogens is 2. The second-order valence-corrected chi connectivity index (χ2v) is 4.95. The van der Waals surface area contributed by atoms with E-state index < -0.39 is 0 Å². The zero-order valence-corrected chi connectivity index (χ0v) is 11.5. The smallest absolute Gasteiger partial charge is 0.138 e. The molecule has 18 heavy (non-hydrogen) atoms. The molecule has 2 rings (SSSR count). The molecule has 2 aromatic rings. The average molecular weight is 243 g/mol. The van der Waals surface area contributed by atoms with Crippen molar-refractivity contribution in [2.24, 2.45) is 0 Å². The zero-order chi connectivity index (χ0) is 13.1. The summed E-state index contributed by atoms with van der Waals surface area (Å²) in [7, 11) is 1.96. The molecule has 2 N–H and O–H groups in total. The molecule has 0 saturated carbocycles. The number of aromatic amines is 1. The first-order valence-electron chi connectivity index (χ1n) is 6.43. The lowest BCUT2D eigenvalue weighted by Gasteiger charge is -2.03. The third-order valence-corrected chi connectivity index (χ3v) is 3.11. The maximum atomic E-state index is 4.76. The number of aryl methyl sites for hydroxylation is 1. The Bertz CT molecular complexity index is 526. The SMILES string of the molecule is CNCc1[nH]c(-c2ccccc2C)nc1C(C)C. The molecule has 1 heterocycles. The Kier molecular flexibility index (Phi) is 3.82. The van der Waals surface area contributed by atoms with Crippen molar-refractivity contribution in [3.63, 3.8) is 0 Å². The van der Waals surface area contributed by atoms with Crippen molar-refractivity contribution in [1.82, 2.24) is 15.3 Å². The predicted octanol–water partition coefficient (Wildman–Crippen LogP) is 3.23. The number of H-pyrrole nitrogens is 1. The van der Waals surface area contributed by atoms with Crippen LogP contribution in [0.3, 0.4) is 0 Å². The lowest BCUT2D eigenvalue weighted by molar-refractivity contribution is 0.750. The maximum Gasteiger partial charge on any atom is 0.138 e. The summed E-state index contributed by atoms with van der Waals surface area (Å²) >= 11 is 0. The van der Waals surface area contributed by atoms with E-state index in [0.717, 1.165) is 18.1 Å². The van der Waals surface area contributed by atoms with Gasteiger partial charge in [-0.15, -0.1) is 0 Å². The Morgan fingerprint density at radius 2 is 2.00 bits per heavy atom. The van der Waals surface area contributed by atoms with Gasteiger partial charge in [0.1, 0.15) is 5.82 Å². The summed E-state index contributed by atoms with van der Waals surface area (Å²) in [6, 6.07) is 8.34. The zero-order valence-electron chi connectivity index (χ0n) is 11.5. The second-order valence-electron chi connectivity index (χ2n) is 4.95. The summed E-state index contributed by atoms with van der Waals surface area (Å²) in [6.07, 6.45) is 0. The number of benzene rings is 1. The fourth-order valence-corrected chi connectivity index (χ4v) is 2.18. The predicted molar refractivity (Wildman–Crippen MR) is 75.6 cm³/mol. The van der Waals surface area contributed by atoms with Crippen LogP contribution in [0.5, 0.6) is 0 Å². The van der Waals surface area contributed by atoms with Gasteiger partial charge in [-0.1, -0.05) is 38.1 Å². The van der Waals surface area contributed by atoms with E-state index >= 15 is 0 Å². The van der Waals surface area contributed by atoms with Crippen LogP contribution < -0.4 is 5.32 Å². The van der Waals surface area contributed by atoms with Crippen molar-refractivity contribution >= 4 is 0 Å². The highest BCUT2D eigenvalue weighted by Gasteiger charge is 2.14. The van der Waals surface area contributed by atoms with E-state index in [-0.39, 0.29) is 0 Å². The molecule has 0 aliphatic heterocycles. The summed E-state index contributed by atoms with van der Waals surface area (Å²) in [4.78, 5) is 8.21. The number of nitrogens with zero attached hydrogens (tertiary/aromatic N) is 1. The van der Waals surface area contributed by atoms with Crippen LogP contribution >= 0.6 is 0 Å².